The molecule has 9 nitrogen and oxygen atoms in total. The number of nitrogens with one attached hydrogen (secondary N) is 1. The Kier molecular flexibility index (Phi) is 6.29. The minimum Gasteiger partial charge on any atom is -0.366 e. The Bertz CT molecular complexity index is 1630. The van der Waals surface area contributed by atoms with Crippen molar-refractivity contribution in [3.05, 3.63) is 96.6 Å². The normalized spacial score (nSPS) is 11.4. The van der Waals surface area contributed by atoms with E-state index in [4.69, 9.17) is 5.73 Å². The van der Waals surface area contributed by atoms with E-state index in [2.05, 4.69) is 30.2 Å². The lowest BCUT2D eigenvalue weighted by Gasteiger charge is -2.17. The molecule has 190 valence electrons. The van der Waals surface area contributed by atoms with Crippen molar-refractivity contribution >= 4 is 17.5 Å². The van der Waals surface area contributed by atoms with Gasteiger partial charge in [0.25, 0.3) is 0 Å². The second kappa shape index (κ2) is 9.73. The van der Waals surface area contributed by atoms with E-state index in [0.717, 1.165) is 12.1 Å². The number of aryl methyl sites for hydroxylation is 1. The summed E-state index contributed by atoms with van der Waals surface area (Å²) in [5.74, 6) is -0.0519. The number of carbonyl (C=O) groups excluding carboxylic acids is 1. The first kappa shape index (κ1) is 24.6. The quantitative estimate of drug-likeness (QED) is 0.327. The average molecular weight is 516 g/mol. The second-order valence-corrected chi connectivity index (χ2v) is 8.22. The van der Waals surface area contributed by atoms with Crippen molar-refractivity contribution in [3.8, 4) is 28.2 Å². The summed E-state index contributed by atoms with van der Waals surface area (Å²) in [5, 5.41) is 3.05. The molecule has 5 rings (SSSR count). The summed E-state index contributed by atoms with van der Waals surface area (Å²) in [6.45, 7) is 1.68. The molecule has 0 unspecified atom stereocenters. The summed E-state index contributed by atoms with van der Waals surface area (Å²) < 4.78 is 43.3. The van der Waals surface area contributed by atoms with Crippen molar-refractivity contribution in [1.29, 1.82) is 0 Å². The van der Waals surface area contributed by atoms with E-state index >= 15 is 0 Å². The number of nitrogens with two attached hydrogens (primary N) is 1. The number of alkyl halides is 3. The third-order valence-corrected chi connectivity index (χ3v) is 5.69. The van der Waals surface area contributed by atoms with Crippen LogP contribution in [-0.2, 0) is 6.18 Å². The van der Waals surface area contributed by atoms with E-state index in [1.165, 1.54) is 47.6 Å². The van der Waals surface area contributed by atoms with Gasteiger partial charge in [-0.3, -0.25) is 14.8 Å². The molecule has 0 spiro atoms. The van der Waals surface area contributed by atoms with Crippen LogP contribution in [-0.4, -0.2) is 35.4 Å². The fraction of sp³-hybridized carbons (Fsp3) is 0.0769. The molecule has 3 heterocycles. The molecule has 0 aliphatic carbocycles. The Balaban J connectivity index is 1.65. The van der Waals surface area contributed by atoms with Gasteiger partial charge in [-0.15, -0.1) is 0 Å². The molecule has 0 saturated heterocycles. The molecule has 0 fully saturated rings. The summed E-state index contributed by atoms with van der Waals surface area (Å²) in [7, 11) is 0. The Labute approximate surface area is 214 Å². The Morgan fingerprint density at radius 2 is 1.79 bits per heavy atom. The van der Waals surface area contributed by atoms with Gasteiger partial charge in [-0.2, -0.15) is 13.2 Å². The van der Waals surface area contributed by atoms with E-state index in [-0.39, 0.29) is 22.8 Å². The number of anilines is 2. The van der Waals surface area contributed by atoms with E-state index in [9.17, 15) is 18.0 Å². The van der Waals surface area contributed by atoms with Gasteiger partial charge < -0.3 is 15.6 Å². The van der Waals surface area contributed by atoms with Crippen LogP contribution in [0.4, 0.5) is 24.8 Å². The number of carbonyl (C=O) groups is 1. The van der Waals surface area contributed by atoms with Crippen molar-refractivity contribution in [2.45, 2.75) is 13.1 Å². The lowest BCUT2D eigenvalue weighted by atomic mass is 9.97. The number of imidazole rings is 1. The number of amides is 1. The number of primary amides is 1. The molecular weight excluding hydrogens is 497 g/mol. The van der Waals surface area contributed by atoms with E-state index in [1.54, 1.807) is 31.5 Å². The van der Waals surface area contributed by atoms with Gasteiger partial charge in [-0.1, -0.05) is 0 Å². The first-order valence-corrected chi connectivity index (χ1v) is 11.2. The highest BCUT2D eigenvalue weighted by atomic mass is 19.4. The molecule has 0 radical (unpaired) electrons. The highest BCUT2D eigenvalue weighted by Crippen LogP contribution is 2.38. The van der Waals surface area contributed by atoms with Crippen LogP contribution in [0.1, 0.15) is 21.7 Å². The molecule has 0 aliphatic heterocycles. The van der Waals surface area contributed by atoms with E-state index in [0.29, 0.717) is 28.5 Å². The Morgan fingerprint density at radius 3 is 2.47 bits per heavy atom. The van der Waals surface area contributed by atoms with Crippen molar-refractivity contribution < 1.29 is 18.0 Å². The van der Waals surface area contributed by atoms with Crippen LogP contribution in [0.2, 0.25) is 0 Å². The zero-order chi connectivity index (χ0) is 26.9. The monoisotopic (exact) mass is 516 g/mol. The van der Waals surface area contributed by atoms with Crippen LogP contribution in [0.25, 0.3) is 28.2 Å². The number of benzene rings is 2. The van der Waals surface area contributed by atoms with Crippen LogP contribution < -0.4 is 11.1 Å². The Hall–Kier alpha value is -5.13. The fourth-order valence-corrected chi connectivity index (χ4v) is 3.88. The second-order valence-electron chi connectivity index (χ2n) is 8.22. The number of halogens is 3. The van der Waals surface area contributed by atoms with Gasteiger partial charge in [0.1, 0.15) is 11.5 Å². The van der Waals surface area contributed by atoms with Crippen molar-refractivity contribution in [1.82, 2.24) is 29.5 Å². The minimum absolute atomic E-state index is 0.123. The van der Waals surface area contributed by atoms with Crippen LogP contribution in [0, 0.1) is 6.92 Å². The molecule has 1 amide bonds. The maximum atomic E-state index is 13.9. The van der Waals surface area contributed by atoms with Gasteiger partial charge in [0.2, 0.25) is 11.9 Å². The number of hydrogen-bond donors (Lipinski definition) is 2. The third-order valence-electron chi connectivity index (χ3n) is 5.69. The highest BCUT2D eigenvalue weighted by molar-refractivity contribution is 5.96. The molecule has 12 heteroatoms. The molecular formula is C26H19F3N8O. The molecule has 3 N–H and O–H groups in total. The molecule has 5 aromatic rings. The molecule has 0 saturated carbocycles. The molecule has 0 atom stereocenters. The van der Waals surface area contributed by atoms with Gasteiger partial charge >= 0.3 is 6.18 Å². The van der Waals surface area contributed by atoms with Crippen LogP contribution in [0.15, 0.2) is 79.6 Å². The molecule has 0 bridgehead atoms. The smallest absolute Gasteiger partial charge is 0.366 e. The van der Waals surface area contributed by atoms with Crippen molar-refractivity contribution in [3.63, 3.8) is 0 Å². The molecule has 3 aromatic heterocycles. The zero-order valence-electron chi connectivity index (χ0n) is 19.8. The van der Waals surface area contributed by atoms with Crippen LogP contribution >= 0.6 is 0 Å². The minimum atomic E-state index is -4.62. The Morgan fingerprint density at radius 1 is 0.947 bits per heavy atom. The summed E-state index contributed by atoms with van der Waals surface area (Å²) in [6.07, 6.45) is 4.56. The van der Waals surface area contributed by atoms with Gasteiger partial charge in [0.15, 0.2) is 0 Å². The summed E-state index contributed by atoms with van der Waals surface area (Å²) >= 11 is 0. The SMILES string of the molecule is Cc1nccn1-c1cc(-c2cc(C(N)=O)ccc2Nc2nccc(-c3cnccn3)n2)cc(C(F)(F)F)c1. The average Bonchev–Trinajstić information content (AvgIpc) is 3.34. The third kappa shape index (κ3) is 5.05. The largest absolute Gasteiger partial charge is 0.416 e. The number of aromatic nitrogens is 6. The van der Waals surface area contributed by atoms with Crippen LogP contribution in [0.3, 0.4) is 0 Å². The number of hydrogen-bond acceptors (Lipinski definition) is 7. The molecule has 0 aliphatic rings. The predicted molar refractivity (Wildman–Crippen MR) is 134 cm³/mol. The topological polar surface area (TPSA) is 124 Å². The van der Waals surface area contributed by atoms with Crippen LogP contribution in [0.5, 0.6) is 0 Å². The zero-order valence-corrected chi connectivity index (χ0v) is 19.8. The van der Waals surface area contributed by atoms with E-state index in [1.807, 2.05) is 0 Å². The number of nitrogens with zero attached hydrogens (tertiary/aromatic N) is 6. The lowest BCUT2D eigenvalue weighted by Crippen LogP contribution is -2.12. The number of rotatable bonds is 6. The van der Waals surface area contributed by atoms with Crippen molar-refractivity contribution in [2.75, 3.05) is 5.32 Å². The fourth-order valence-electron chi connectivity index (χ4n) is 3.88. The molecule has 2 aromatic carbocycles. The predicted octanol–water partition coefficient (Wildman–Crippen LogP) is 4.96. The lowest BCUT2D eigenvalue weighted by molar-refractivity contribution is -0.137. The maximum Gasteiger partial charge on any atom is 0.416 e. The summed E-state index contributed by atoms with van der Waals surface area (Å²) in [5.41, 5.74) is 6.84. The first-order valence-electron chi connectivity index (χ1n) is 11.2. The molecule has 38 heavy (non-hydrogen) atoms. The van der Waals surface area contributed by atoms with Gasteiger partial charge in [-0.05, 0) is 55.0 Å². The summed E-state index contributed by atoms with van der Waals surface area (Å²) in [6, 6.07) is 9.71. The van der Waals surface area contributed by atoms with Gasteiger partial charge in [0, 0.05) is 53.5 Å². The standard InChI is InChI=1S/C26H19F3N8O/c1-15-32-8-9-37(15)19-11-17(10-18(13-19)26(27,28)29)20-12-16(24(30)38)2-3-21(20)35-25-34-5-4-22(36-25)23-14-31-6-7-33-23/h2-14H,1H3,(H2,30,38)(H,34,35,36). The van der Waals surface area contributed by atoms with Crippen molar-refractivity contribution in [2.24, 2.45) is 5.73 Å². The maximum absolute atomic E-state index is 13.9. The first-order chi connectivity index (χ1) is 18.2. The highest BCUT2D eigenvalue weighted by Gasteiger charge is 2.32. The summed E-state index contributed by atoms with van der Waals surface area (Å²) in [4.78, 5) is 33.0. The van der Waals surface area contributed by atoms with E-state index < -0.39 is 17.6 Å². The van der Waals surface area contributed by atoms with Gasteiger partial charge in [-0.25, -0.2) is 15.0 Å². The van der Waals surface area contributed by atoms with Gasteiger partial charge in [0.05, 0.1) is 17.5 Å².